The summed E-state index contributed by atoms with van der Waals surface area (Å²) in [6.45, 7) is 6.84. The van der Waals surface area contributed by atoms with Crippen LogP contribution in [0.25, 0.3) is 0 Å². The SMILES string of the molecule is COc1cccc(C(C)NC(=O)CC(CN)CC(C)C)c1. The molecule has 0 saturated carbocycles. The molecule has 4 heteroatoms. The third-order valence-electron chi connectivity index (χ3n) is 3.58. The minimum Gasteiger partial charge on any atom is -0.497 e. The number of rotatable bonds is 8. The number of carbonyl (C=O) groups excluding carboxylic acids is 1. The van der Waals surface area contributed by atoms with Crippen LogP contribution in [-0.2, 0) is 4.79 Å². The van der Waals surface area contributed by atoms with Gasteiger partial charge in [0, 0.05) is 6.42 Å². The first kappa shape index (κ1) is 17.5. The lowest BCUT2D eigenvalue weighted by Crippen LogP contribution is -2.30. The maximum absolute atomic E-state index is 12.1. The van der Waals surface area contributed by atoms with Crippen LogP contribution in [0.15, 0.2) is 24.3 Å². The molecule has 4 nitrogen and oxygen atoms in total. The van der Waals surface area contributed by atoms with Gasteiger partial charge in [-0.3, -0.25) is 4.79 Å². The number of nitrogens with one attached hydrogen (secondary N) is 1. The van der Waals surface area contributed by atoms with Gasteiger partial charge in [-0.15, -0.1) is 0 Å². The third-order valence-corrected chi connectivity index (χ3v) is 3.58. The summed E-state index contributed by atoms with van der Waals surface area (Å²) >= 11 is 0. The quantitative estimate of drug-likeness (QED) is 0.774. The molecule has 0 aliphatic heterocycles. The van der Waals surface area contributed by atoms with E-state index in [9.17, 15) is 4.79 Å². The van der Waals surface area contributed by atoms with E-state index in [1.54, 1.807) is 7.11 Å². The fourth-order valence-corrected chi connectivity index (χ4v) is 2.49. The molecule has 0 aromatic heterocycles. The maximum atomic E-state index is 12.1. The molecule has 0 heterocycles. The number of hydrogen-bond acceptors (Lipinski definition) is 3. The highest BCUT2D eigenvalue weighted by molar-refractivity contribution is 5.76. The molecular formula is C17H28N2O2. The van der Waals surface area contributed by atoms with Crippen LogP contribution < -0.4 is 15.8 Å². The highest BCUT2D eigenvalue weighted by Crippen LogP contribution is 2.20. The van der Waals surface area contributed by atoms with E-state index in [0.717, 1.165) is 17.7 Å². The number of methoxy groups -OCH3 is 1. The van der Waals surface area contributed by atoms with Gasteiger partial charge in [-0.1, -0.05) is 26.0 Å². The van der Waals surface area contributed by atoms with Gasteiger partial charge in [0.1, 0.15) is 5.75 Å². The molecule has 0 bridgehead atoms. The van der Waals surface area contributed by atoms with Crippen molar-refractivity contribution < 1.29 is 9.53 Å². The zero-order valence-electron chi connectivity index (χ0n) is 13.6. The van der Waals surface area contributed by atoms with Gasteiger partial charge in [0.15, 0.2) is 0 Å². The third kappa shape index (κ3) is 6.17. The first-order chi connectivity index (χ1) is 9.96. The van der Waals surface area contributed by atoms with Crippen LogP contribution >= 0.6 is 0 Å². The van der Waals surface area contributed by atoms with E-state index < -0.39 is 0 Å². The van der Waals surface area contributed by atoms with E-state index in [-0.39, 0.29) is 17.9 Å². The molecule has 1 aromatic rings. The molecule has 0 radical (unpaired) electrons. The lowest BCUT2D eigenvalue weighted by molar-refractivity contribution is -0.122. The molecule has 1 rings (SSSR count). The molecule has 2 atom stereocenters. The summed E-state index contributed by atoms with van der Waals surface area (Å²) in [5, 5.41) is 3.04. The molecule has 0 aliphatic rings. The molecule has 0 aliphatic carbocycles. The zero-order valence-corrected chi connectivity index (χ0v) is 13.6. The fraction of sp³-hybridized carbons (Fsp3) is 0.588. The first-order valence-corrected chi connectivity index (χ1v) is 7.59. The van der Waals surface area contributed by atoms with Gasteiger partial charge in [-0.05, 0) is 49.4 Å². The molecule has 0 saturated heterocycles. The Morgan fingerprint density at radius 2 is 2.05 bits per heavy atom. The molecule has 0 spiro atoms. The van der Waals surface area contributed by atoms with Gasteiger partial charge in [-0.25, -0.2) is 0 Å². The highest BCUT2D eigenvalue weighted by Gasteiger charge is 2.16. The Bertz CT molecular complexity index is 446. The molecule has 1 aromatic carbocycles. The molecular weight excluding hydrogens is 264 g/mol. The summed E-state index contributed by atoms with van der Waals surface area (Å²) in [6, 6.07) is 7.72. The van der Waals surface area contributed by atoms with E-state index >= 15 is 0 Å². The topological polar surface area (TPSA) is 64.3 Å². The smallest absolute Gasteiger partial charge is 0.220 e. The van der Waals surface area contributed by atoms with Crippen molar-refractivity contribution in [3.05, 3.63) is 29.8 Å². The number of nitrogens with two attached hydrogens (primary N) is 1. The van der Waals surface area contributed by atoms with Crippen LogP contribution in [0, 0.1) is 11.8 Å². The second-order valence-electron chi connectivity index (χ2n) is 6.00. The first-order valence-electron chi connectivity index (χ1n) is 7.59. The number of carbonyl (C=O) groups is 1. The summed E-state index contributed by atoms with van der Waals surface area (Å²) in [4.78, 5) is 12.1. The largest absolute Gasteiger partial charge is 0.497 e. The van der Waals surface area contributed by atoms with Crippen LogP contribution in [0.1, 0.15) is 45.2 Å². The Hall–Kier alpha value is -1.55. The molecule has 21 heavy (non-hydrogen) atoms. The molecule has 0 fully saturated rings. The monoisotopic (exact) mass is 292 g/mol. The minimum absolute atomic E-state index is 0.0370. The van der Waals surface area contributed by atoms with Crippen LogP contribution in [-0.4, -0.2) is 19.6 Å². The summed E-state index contributed by atoms with van der Waals surface area (Å²) in [5.74, 6) is 1.67. The van der Waals surface area contributed by atoms with Crippen molar-refractivity contribution in [2.24, 2.45) is 17.6 Å². The van der Waals surface area contributed by atoms with Crippen molar-refractivity contribution in [1.82, 2.24) is 5.32 Å². The van der Waals surface area contributed by atoms with E-state index in [1.165, 1.54) is 0 Å². The van der Waals surface area contributed by atoms with Crippen molar-refractivity contribution in [2.75, 3.05) is 13.7 Å². The van der Waals surface area contributed by atoms with Crippen molar-refractivity contribution in [3.8, 4) is 5.75 Å². The predicted molar refractivity (Wildman–Crippen MR) is 86.2 cm³/mol. The Balaban J connectivity index is 2.56. The molecule has 118 valence electrons. The number of amides is 1. The molecule has 3 N–H and O–H groups in total. The second-order valence-corrected chi connectivity index (χ2v) is 6.00. The zero-order chi connectivity index (χ0) is 15.8. The predicted octanol–water partition coefficient (Wildman–Crippen LogP) is 2.88. The van der Waals surface area contributed by atoms with E-state index in [0.29, 0.717) is 18.9 Å². The number of ether oxygens (including phenoxy) is 1. The lowest BCUT2D eigenvalue weighted by Gasteiger charge is -2.19. The minimum atomic E-state index is -0.0370. The van der Waals surface area contributed by atoms with Gasteiger partial charge in [0.05, 0.1) is 13.2 Å². The van der Waals surface area contributed by atoms with Gasteiger partial charge in [-0.2, -0.15) is 0 Å². The maximum Gasteiger partial charge on any atom is 0.220 e. The van der Waals surface area contributed by atoms with Gasteiger partial charge < -0.3 is 15.8 Å². The van der Waals surface area contributed by atoms with E-state index in [1.807, 2.05) is 31.2 Å². The van der Waals surface area contributed by atoms with Gasteiger partial charge in [0.25, 0.3) is 0 Å². The van der Waals surface area contributed by atoms with Crippen LogP contribution in [0.3, 0.4) is 0 Å². The normalized spacial score (nSPS) is 13.8. The van der Waals surface area contributed by atoms with Crippen molar-refractivity contribution in [2.45, 2.75) is 39.7 Å². The average Bonchev–Trinajstić information content (AvgIpc) is 2.45. The van der Waals surface area contributed by atoms with Crippen molar-refractivity contribution >= 4 is 5.91 Å². The summed E-state index contributed by atoms with van der Waals surface area (Å²) in [6.07, 6.45) is 1.47. The average molecular weight is 292 g/mol. The Morgan fingerprint density at radius 1 is 1.33 bits per heavy atom. The van der Waals surface area contributed by atoms with Crippen LogP contribution in [0.4, 0.5) is 0 Å². The van der Waals surface area contributed by atoms with E-state index in [4.69, 9.17) is 10.5 Å². The molecule has 1 amide bonds. The Morgan fingerprint density at radius 3 is 2.62 bits per heavy atom. The Kier molecular flexibility index (Phi) is 7.23. The lowest BCUT2D eigenvalue weighted by atomic mass is 9.94. The van der Waals surface area contributed by atoms with Crippen molar-refractivity contribution in [1.29, 1.82) is 0 Å². The summed E-state index contributed by atoms with van der Waals surface area (Å²) in [7, 11) is 1.64. The number of hydrogen-bond donors (Lipinski definition) is 2. The van der Waals surface area contributed by atoms with Gasteiger partial charge in [0.2, 0.25) is 5.91 Å². The highest BCUT2D eigenvalue weighted by atomic mass is 16.5. The Labute approximate surface area is 128 Å². The fourth-order valence-electron chi connectivity index (χ4n) is 2.49. The van der Waals surface area contributed by atoms with Gasteiger partial charge >= 0.3 is 0 Å². The van der Waals surface area contributed by atoms with E-state index in [2.05, 4.69) is 19.2 Å². The molecule has 2 unspecified atom stereocenters. The second kappa shape index (κ2) is 8.67. The van der Waals surface area contributed by atoms with Crippen LogP contribution in [0.5, 0.6) is 5.75 Å². The van der Waals surface area contributed by atoms with Crippen molar-refractivity contribution in [3.63, 3.8) is 0 Å². The summed E-state index contributed by atoms with van der Waals surface area (Å²) in [5.41, 5.74) is 6.79. The standard InChI is InChI=1S/C17H28N2O2/c1-12(2)8-14(11-18)9-17(20)19-13(3)15-6-5-7-16(10-15)21-4/h5-7,10,12-14H,8-9,11,18H2,1-4H3,(H,19,20). The number of benzene rings is 1. The summed E-state index contributed by atoms with van der Waals surface area (Å²) < 4.78 is 5.21. The van der Waals surface area contributed by atoms with Crippen LogP contribution in [0.2, 0.25) is 0 Å².